The number of fused-ring (bicyclic) bond motifs is 4. The Labute approximate surface area is 606 Å². The molecule has 0 radical (unpaired) electrons. The normalized spacial score (nSPS) is 19.0. The second-order valence-corrected chi connectivity index (χ2v) is 80.5. The van der Waals surface area contributed by atoms with E-state index in [1.165, 1.54) is 51.7 Å². The number of anilines is 5. The number of piperidine rings is 2. The number of halogens is 1. The fourth-order valence-electron chi connectivity index (χ4n) is 11.9. The Balaban J connectivity index is 0.000000155. The molecule has 97 heavy (non-hydrogen) atoms. The minimum absolute atomic E-state index is 0.0884. The Morgan fingerprint density at radius 1 is 0.598 bits per heavy atom. The number of nitrogens with one attached hydrogen (secondary N) is 3. The maximum absolute atomic E-state index is 8.06. The summed E-state index contributed by atoms with van der Waals surface area (Å²) in [7, 11) is 25.6. The van der Waals surface area contributed by atoms with Gasteiger partial charge < -0.3 is 59.3 Å². The molecule has 0 aliphatic carbocycles. The van der Waals surface area contributed by atoms with Gasteiger partial charge in [-0.05, 0) is 153 Å². The number of morpholine rings is 2. The van der Waals surface area contributed by atoms with Crippen LogP contribution in [0, 0.1) is 13.8 Å². The molecule has 14 rings (SSSR count). The van der Waals surface area contributed by atoms with Crippen molar-refractivity contribution in [1.29, 1.82) is 0 Å². The summed E-state index contributed by atoms with van der Waals surface area (Å²) in [4.78, 5) is 48.1. The van der Waals surface area contributed by atoms with Crippen molar-refractivity contribution in [3.8, 4) is 0 Å². The molecule has 8 aromatic heterocycles. The summed E-state index contributed by atoms with van der Waals surface area (Å²) in [6, 6.07) is 13.2. The van der Waals surface area contributed by atoms with E-state index in [1.807, 2.05) is 35.1 Å². The predicted octanol–water partition coefficient (Wildman–Crippen LogP) is 16.7. The number of nitrogens with zero attached hydrogens (tertiary/aromatic N) is 16. The Kier molecular flexibility index (Phi) is 34.0. The third-order valence-electron chi connectivity index (χ3n) is 17.1. The fourth-order valence-corrected chi connectivity index (χ4v) is 168. The third kappa shape index (κ3) is 22.3. The van der Waals surface area contributed by atoms with Gasteiger partial charge in [0.1, 0.15) is 57.2 Å². The number of aromatic amines is 2. The SMILES string of the molecule is CC(C)O.CCN(CC)CC.Cc1nc(Cl)c2cc[nH]c2n1.Cc1nc(N2CCCCC2c2cc3nc(N4CCC4)cc(N4CCOCC4)n3n2)c2cc[nH]c2n1.PPP(P)P(P(P)P)P(P(P)P)P(P)P.c1c(N2CCC2)nc2cc(C3CCCCN3)nn2c1N1CCOCC1. The van der Waals surface area contributed by atoms with Crippen molar-refractivity contribution >= 4 is 195 Å². The molecule has 6 aliphatic rings. The van der Waals surface area contributed by atoms with Gasteiger partial charge in [-0.2, -0.15) is 19.2 Å². The molecular formula is C59H103ClN19O3P15. The molecule has 0 bridgehead atoms. The second kappa shape index (κ2) is 40.7. The van der Waals surface area contributed by atoms with E-state index in [2.05, 4.69) is 182 Å². The summed E-state index contributed by atoms with van der Waals surface area (Å²) < 4.78 is 15.3. The quantitative estimate of drug-likeness (QED) is 0.0523. The van der Waals surface area contributed by atoms with E-state index in [9.17, 15) is 0 Å². The highest BCUT2D eigenvalue weighted by atomic mass is 35.5. The van der Waals surface area contributed by atoms with Crippen molar-refractivity contribution in [2.45, 2.75) is 118 Å². The van der Waals surface area contributed by atoms with Crippen LogP contribution in [-0.4, -0.2) is 187 Å². The molecule has 0 aromatic carbocycles. The van der Waals surface area contributed by atoms with Gasteiger partial charge in [0.05, 0.1) is 60.7 Å². The van der Waals surface area contributed by atoms with Gasteiger partial charge in [-0.3, -0.25) is 0 Å². The summed E-state index contributed by atoms with van der Waals surface area (Å²) in [6.45, 7) is 31.2. The van der Waals surface area contributed by atoms with E-state index in [4.69, 9.17) is 51.3 Å². The Morgan fingerprint density at radius 2 is 1.08 bits per heavy atom. The highest BCUT2D eigenvalue weighted by Crippen LogP contribution is 3.22. The molecule has 6 fully saturated rings. The topological polar surface area (TPSA) is 214 Å². The summed E-state index contributed by atoms with van der Waals surface area (Å²) in [5.41, 5.74) is 5.76. The average molecular weight is 1630 g/mol. The summed E-state index contributed by atoms with van der Waals surface area (Å²) in [6.07, 6.45) is 13.1. The van der Waals surface area contributed by atoms with Crippen LogP contribution in [0.4, 0.5) is 29.1 Å². The van der Waals surface area contributed by atoms with Crippen LogP contribution in [-0.2, 0) is 9.47 Å². The molecule has 22 nitrogen and oxygen atoms in total. The van der Waals surface area contributed by atoms with Gasteiger partial charge in [0.15, 0.2) is 11.3 Å². The van der Waals surface area contributed by atoms with Crippen molar-refractivity contribution in [1.82, 2.24) is 69.3 Å². The molecule has 6 saturated heterocycles. The monoisotopic (exact) mass is 1630 g/mol. The van der Waals surface area contributed by atoms with Crippen molar-refractivity contribution in [2.24, 2.45) is 0 Å². The first kappa shape index (κ1) is 81.1. The van der Waals surface area contributed by atoms with E-state index in [-0.39, 0.29) is 54.1 Å². The predicted molar refractivity (Wildman–Crippen MR) is 455 cm³/mol. The van der Waals surface area contributed by atoms with Gasteiger partial charge in [-0.1, -0.05) is 46.8 Å². The lowest BCUT2D eigenvalue weighted by atomic mass is 9.99. The molecule has 14 heterocycles. The van der Waals surface area contributed by atoms with Gasteiger partial charge in [0.2, 0.25) is 0 Å². The van der Waals surface area contributed by atoms with Crippen molar-refractivity contribution in [2.75, 3.05) is 136 Å². The first-order valence-corrected chi connectivity index (χ1v) is 60.4. The molecule has 8 aromatic rings. The van der Waals surface area contributed by atoms with Crippen molar-refractivity contribution in [3.05, 3.63) is 77.0 Å². The van der Waals surface area contributed by atoms with Crippen LogP contribution in [0.15, 0.2) is 48.8 Å². The molecule has 13 unspecified atom stereocenters. The first-order chi connectivity index (χ1) is 46.8. The minimum atomic E-state index is -0.167. The van der Waals surface area contributed by atoms with E-state index in [0.717, 1.165) is 199 Å². The zero-order chi connectivity index (χ0) is 69.3. The van der Waals surface area contributed by atoms with Crippen LogP contribution in [0.25, 0.3) is 33.4 Å². The van der Waals surface area contributed by atoms with Crippen molar-refractivity contribution < 1.29 is 14.6 Å². The highest BCUT2D eigenvalue weighted by molar-refractivity contribution is 9.28. The standard InChI is InChI=1S/C25H31N9O.C18H26N6O.C7H6ClN3.C6H15N.C3H8O.H17P15/c1-17-27-24-18(6-7-26-24)25(28-17)33-10-3-2-5-20(33)19-15-22-29-21(31-8-4-9-31)16-23(34(22)30-19)32-11-13-35-14-12-32;1-2-5-19-14(4-1)15-12-17-20-16(22-6-3-7-22)13-18(24(17)21-15)23-8-10-25-11-9-23;1-4-10-6(8)5-2-3-9-7(5)11-4;1-4-7(5-2)6-3;1-3(2)4;1-9-13(8)15(12(6)7)14(10(2)3)11(4)5/h6-7,15-16,20H,2-5,8-14H2,1H3,(H,26,27,28);12-14,19H,1-11H2;2-3H,1H3,(H,9,10,11);4-6H2,1-3H3;3-4H,1-2H3;9H,1-8H2. The number of ether oxygens (including phenoxy) is 2. The number of hydrogen-bond acceptors (Lipinski definition) is 18. The van der Waals surface area contributed by atoms with E-state index in [0.29, 0.717) is 17.0 Å². The van der Waals surface area contributed by atoms with Crippen LogP contribution < -0.4 is 29.8 Å². The molecule has 534 valence electrons. The molecule has 13 atom stereocenters. The number of H-pyrrole nitrogens is 2. The number of aryl methyl sites for hydroxylation is 2. The van der Waals surface area contributed by atoms with E-state index >= 15 is 0 Å². The van der Waals surface area contributed by atoms with Crippen LogP contribution in [0.5, 0.6) is 0 Å². The zero-order valence-corrected chi connectivity index (χ0v) is 73.5. The lowest BCUT2D eigenvalue weighted by Crippen LogP contribution is -2.40. The Bertz CT molecular complexity index is 3680. The molecule has 0 spiro atoms. The molecule has 4 N–H and O–H groups in total. The number of aliphatic hydroxyl groups excluding tert-OH is 1. The summed E-state index contributed by atoms with van der Waals surface area (Å²) in [5.74, 6) is 6.87. The minimum Gasteiger partial charge on any atom is -0.394 e. The van der Waals surface area contributed by atoms with Gasteiger partial charge in [0.25, 0.3) is 0 Å². The van der Waals surface area contributed by atoms with Crippen LogP contribution in [0.3, 0.4) is 0 Å². The average Bonchev–Trinajstić information content (AvgIpc) is 1.70. The Morgan fingerprint density at radius 3 is 1.55 bits per heavy atom. The molecule has 0 saturated carbocycles. The molecule has 38 heteroatoms. The van der Waals surface area contributed by atoms with E-state index < -0.39 is 0 Å². The van der Waals surface area contributed by atoms with Gasteiger partial charge >= 0.3 is 0 Å². The number of hydrogen-bond donors (Lipinski definition) is 4. The molecular weight excluding hydrogens is 1520 g/mol. The fraction of sp³-hybridized carbons (Fsp3) is 0.593. The highest BCUT2D eigenvalue weighted by Gasteiger charge is 2.35. The smallest absolute Gasteiger partial charge is 0.160 e. The van der Waals surface area contributed by atoms with E-state index in [1.54, 1.807) is 20.0 Å². The van der Waals surface area contributed by atoms with Crippen LogP contribution >= 0.6 is 133 Å². The number of aromatic nitrogens is 12. The van der Waals surface area contributed by atoms with Crippen molar-refractivity contribution in [3.63, 3.8) is 0 Å². The maximum atomic E-state index is 8.06. The summed E-state index contributed by atoms with van der Waals surface area (Å²) >= 11 is 5.83. The molecule has 0 amide bonds. The summed E-state index contributed by atoms with van der Waals surface area (Å²) in [5, 5.41) is 24.2. The number of aliphatic hydroxyl groups is 1. The lowest BCUT2D eigenvalue weighted by Gasteiger charge is -2.38. The van der Waals surface area contributed by atoms with Gasteiger partial charge in [-0.25, -0.2) is 29.9 Å². The first-order valence-electron chi connectivity index (χ1n) is 33.5. The zero-order valence-electron chi connectivity index (χ0n) is 57.1. The Hall–Kier alpha value is 0.0200. The third-order valence-corrected chi connectivity index (χ3v) is 106. The van der Waals surface area contributed by atoms with Gasteiger partial charge in [0, 0.05) is 102 Å². The number of rotatable bonds is 16. The second-order valence-electron chi connectivity index (χ2n) is 24.2. The maximum Gasteiger partial charge on any atom is 0.160 e. The lowest BCUT2D eigenvalue weighted by molar-refractivity contribution is 0.122. The van der Waals surface area contributed by atoms with Gasteiger partial charge in [-0.15, -0.1) is 71.4 Å². The van der Waals surface area contributed by atoms with Crippen LogP contribution in [0.2, 0.25) is 5.15 Å². The largest absolute Gasteiger partial charge is 0.394 e. The van der Waals surface area contributed by atoms with Crippen LogP contribution in [0.1, 0.15) is 121 Å². The molecule has 6 aliphatic heterocycles.